The number of rotatable bonds is 5. The maximum Gasteiger partial charge on any atom is 0.276 e. The smallest absolute Gasteiger partial charge is 0.276 e. The third-order valence-electron chi connectivity index (χ3n) is 3.43. The first kappa shape index (κ1) is 19.5. The molecule has 2 aromatic carbocycles. The van der Waals surface area contributed by atoms with Crippen LogP contribution in [0.4, 0.5) is 0 Å². The van der Waals surface area contributed by atoms with E-state index >= 15 is 0 Å². The number of nitrogens with one attached hydrogen (secondary N) is 2. The van der Waals surface area contributed by atoms with Gasteiger partial charge in [0.05, 0.1) is 4.90 Å². The van der Waals surface area contributed by atoms with Crippen LogP contribution < -0.4 is 15.6 Å². The van der Waals surface area contributed by atoms with E-state index in [9.17, 15) is 18.0 Å². The summed E-state index contributed by atoms with van der Waals surface area (Å²) in [6.45, 7) is 3.60. The van der Waals surface area contributed by atoms with Gasteiger partial charge >= 0.3 is 0 Å². The van der Waals surface area contributed by atoms with Gasteiger partial charge in [-0.25, -0.2) is 8.42 Å². The highest BCUT2D eigenvalue weighted by atomic mass is 32.2. The normalized spacial score (nSPS) is 10.9. The Hall–Kier alpha value is -2.87. The molecule has 0 aliphatic rings. The Balaban J connectivity index is 1.85. The molecule has 0 saturated heterocycles. The number of carbonyl (C=O) groups is 2. The van der Waals surface area contributed by atoms with E-state index < -0.39 is 21.7 Å². The van der Waals surface area contributed by atoms with Gasteiger partial charge in [-0.3, -0.25) is 20.4 Å². The van der Waals surface area contributed by atoms with E-state index in [2.05, 4.69) is 10.9 Å². The van der Waals surface area contributed by atoms with Crippen LogP contribution in [0.1, 0.15) is 21.5 Å². The Morgan fingerprint density at radius 1 is 0.962 bits per heavy atom. The number of aryl methyl sites for hydroxylation is 2. The summed E-state index contributed by atoms with van der Waals surface area (Å²) in [5.41, 5.74) is 6.75. The van der Waals surface area contributed by atoms with Gasteiger partial charge in [-0.15, -0.1) is 0 Å². The molecule has 2 aromatic rings. The largest absolute Gasteiger partial charge is 0.484 e. The fourth-order valence-corrected chi connectivity index (χ4v) is 2.88. The minimum absolute atomic E-state index is 0.111. The van der Waals surface area contributed by atoms with Crippen LogP contribution in [0.15, 0.2) is 47.4 Å². The maximum atomic E-state index is 12.0. The van der Waals surface area contributed by atoms with Gasteiger partial charge < -0.3 is 4.74 Å². The molecule has 0 fully saturated rings. The van der Waals surface area contributed by atoms with E-state index in [0.717, 1.165) is 17.4 Å². The highest BCUT2D eigenvalue weighted by molar-refractivity contribution is 7.90. The van der Waals surface area contributed by atoms with Crippen LogP contribution in [-0.4, -0.2) is 33.1 Å². The number of hydrazine groups is 1. The number of sulfone groups is 1. The SMILES string of the molecule is Cc1cc(C)cc(OCC(=O)NNC(=O)c2ccc(S(C)(=O)=O)cc2)c1. The van der Waals surface area contributed by atoms with Crippen molar-refractivity contribution >= 4 is 21.7 Å². The van der Waals surface area contributed by atoms with Crippen LogP contribution >= 0.6 is 0 Å². The van der Waals surface area contributed by atoms with Crippen LogP contribution in [0.3, 0.4) is 0 Å². The molecular formula is C18H20N2O5S. The van der Waals surface area contributed by atoms with Crippen LogP contribution in [0.2, 0.25) is 0 Å². The lowest BCUT2D eigenvalue weighted by molar-refractivity contribution is -0.123. The van der Waals surface area contributed by atoms with Crippen LogP contribution in [0.5, 0.6) is 5.75 Å². The summed E-state index contributed by atoms with van der Waals surface area (Å²) in [6, 6.07) is 11.0. The summed E-state index contributed by atoms with van der Waals surface area (Å²) < 4.78 is 28.2. The number of hydrogen-bond acceptors (Lipinski definition) is 5. The molecule has 0 saturated carbocycles. The molecule has 0 bridgehead atoms. The first-order valence-corrected chi connectivity index (χ1v) is 9.65. The minimum Gasteiger partial charge on any atom is -0.484 e. The zero-order valence-corrected chi connectivity index (χ0v) is 15.5. The third-order valence-corrected chi connectivity index (χ3v) is 4.55. The average molecular weight is 376 g/mol. The molecule has 8 heteroatoms. The minimum atomic E-state index is -3.33. The molecule has 138 valence electrons. The lowest BCUT2D eigenvalue weighted by Gasteiger charge is -2.10. The van der Waals surface area contributed by atoms with Crippen LogP contribution in [-0.2, 0) is 14.6 Å². The Morgan fingerprint density at radius 3 is 2.08 bits per heavy atom. The monoisotopic (exact) mass is 376 g/mol. The number of benzene rings is 2. The highest BCUT2D eigenvalue weighted by Gasteiger charge is 2.11. The zero-order valence-electron chi connectivity index (χ0n) is 14.7. The molecule has 0 radical (unpaired) electrons. The van der Waals surface area contributed by atoms with Crippen molar-refractivity contribution in [2.45, 2.75) is 18.7 Å². The van der Waals surface area contributed by atoms with Crippen LogP contribution in [0.25, 0.3) is 0 Å². The summed E-state index contributed by atoms with van der Waals surface area (Å²) in [6.07, 6.45) is 1.08. The van der Waals surface area contributed by atoms with Gasteiger partial charge in [0.1, 0.15) is 5.75 Å². The van der Waals surface area contributed by atoms with Gasteiger partial charge in [0.25, 0.3) is 11.8 Å². The molecule has 0 aromatic heterocycles. The van der Waals surface area contributed by atoms with Gasteiger partial charge in [0.2, 0.25) is 0 Å². The number of carbonyl (C=O) groups excluding carboxylic acids is 2. The number of ether oxygens (including phenoxy) is 1. The molecule has 2 rings (SSSR count). The Bertz CT molecular complexity index is 901. The fraction of sp³-hybridized carbons (Fsp3) is 0.222. The topological polar surface area (TPSA) is 102 Å². The Morgan fingerprint density at radius 2 is 1.54 bits per heavy atom. The van der Waals surface area contributed by atoms with E-state index in [0.29, 0.717) is 5.75 Å². The van der Waals surface area contributed by atoms with E-state index in [1.54, 1.807) is 0 Å². The second-order valence-electron chi connectivity index (χ2n) is 5.91. The number of hydrogen-bond donors (Lipinski definition) is 2. The zero-order chi connectivity index (χ0) is 19.3. The lowest BCUT2D eigenvalue weighted by Crippen LogP contribution is -2.43. The van der Waals surface area contributed by atoms with Gasteiger partial charge in [0.15, 0.2) is 16.4 Å². The van der Waals surface area contributed by atoms with E-state index in [1.807, 2.05) is 32.0 Å². The fourth-order valence-electron chi connectivity index (χ4n) is 2.25. The van der Waals surface area contributed by atoms with Crippen molar-refractivity contribution in [2.75, 3.05) is 12.9 Å². The standard InChI is InChI=1S/C18H20N2O5S/c1-12-8-13(2)10-15(9-12)25-11-17(21)19-20-18(22)14-4-6-16(7-5-14)26(3,23)24/h4-10H,11H2,1-3H3,(H,19,21)(H,20,22). The van der Waals surface area contributed by atoms with Gasteiger partial charge in [-0.05, 0) is 61.4 Å². The molecular weight excluding hydrogens is 356 g/mol. The van der Waals surface area contributed by atoms with E-state index in [1.165, 1.54) is 24.3 Å². The van der Waals surface area contributed by atoms with Crippen molar-refractivity contribution in [2.24, 2.45) is 0 Å². The Labute approximate surface area is 152 Å². The average Bonchev–Trinajstić information content (AvgIpc) is 2.56. The van der Waals surface area contributed by atoms with E-state index in [-0.39, 0.29) is 17.1 Å². The summed E-state index contributed by atoms with van der Waals surface area (Å²) in [5.74, 6) is -0.518. The van der Waals surface area contributed by atoms with Crippen molar-refractivity contribution in [1.29, 1.82) is 0 Å². The molecule has 0 heterocycles. The first-order valence-electron chi connectivity index (χ1n) is 7.75. The molecule has 0 aliphatic heterocycles. The molecule has 0 unspecified atom stereocenters. The van der Waals surface area contributed by atoms with Gasteiger partial charge in [-0.1, -0.05) is 6.07 Å². The van der Waals surface area contributed by atoms with Crippen molar-refractivity contribution in [3.05, 3.63) is 59.2 Å². The maximum absolute atomic E-state index is 12.0. The lowest BCUT2D eigenvalue weighted by atomic mass is 10.1. The third kappa shape index (κ3) is 5.59. The quantitative estimate of drug-likeness (QED) is 0.771. The second kappa shape index (κ2) is 8.01. The summed E-state index contributed by atoms with van der Waals surface area (Å²) in [4.78, 5) is 23.8. The van der Waals surface area contributed by atoms with Crippen LogP contribution in [0, 0.1) is 13.8 Å². The molecule has 7 nitrogen and oxygen atoms in total. The first-order chi connectivity index (χ1) is 12.1. The molecule has 26 heavy (non-hydrogen) atoms. The van der Waals surface area contributed by atoms with Crippen molar-refractivity contribution in [1.82, 2.24) is 10.9 Å². The molecule has 0 spiro atoms. The predicted octanol–water partition coefficient (Wildman–Crippen LogP) is 1.55. The molecule has 0 aliphatic carbocycles. The highest BCUT2D eigenvalue weighted by Crippen LogP contribution is 2.16. The van der Waals surface area contributed by atoms with Crippen molar-refractivity contribution in [3.8, 4) is 5.75 Å². The van der Waals surface area contributed by atoms with Crippen molar-refractivity contribution in [3.63, 3.8) is 0 Å². The molecule has 0 atom stereocenters. The summed E-state index contributed by atoms with van der Waals surface area (Å²) >= 11 is 0. The van der Waals surface area contributed by atoms with Gasteiger partial charge in [-0.2, -0.15) is 0 Å². The summed E-state index contributed by atoms with van der Waals surface area (Å²) in [5, 5.41) is 0. The van der Waals surface area contributed by atoms with Gasteiger partial charge in [0, 0.05) is 11.8 Å². The Kier molecular flexibility index (Phi) is 5.99. The summed E-state index contributed by atoms with van der Waals surface area (Å²) in [7, 11) is -3.33. The molecule has 2 N–H and O–H groups in total. The molecule has 2 amide bonds. The predicted molar refractivity (Wildman–Crippen MR) is 96.6 cm³/mol. The number of amides is 2. The second-order valence-corrected chi connectivity index (χ2v) is 7.93. The van der Waals surface area contributed by atoms with Crippen molar-refractivity contribution < 1.29 is 22.7 Å². The van der Waals surface area contributed by atoms with E-state index in [4.69, 9.17) is 4.74 Å².